The van der Waals surface area contributed by atoms with E-state index in [1.807, 2.05) is 0 Å². The molecule has 0 saturated carbocycles. The third-order valence-electron chi connectivity index (χ3n) is 1.55. The van der Waals surface area contributed by atoms with Crippen LogP contribution in [0.1, 0.15) is 6.92 Å². The number of carbonyl (C=O) groups is 2. The Morgan fingerprint density at radius 3 is 2.07 bits per heavy atom. The van der Waals surface area contributed by atoms with Crippen molar-refractivity contribution in [2.75, 3.05) is 31.4 Å². The van der Waals surface area contributed by atoms with E-state index < -0.39 is 0 Å². The first-order valence-electron chi connectivity index (χ1n) is 4.26. The second-order valence-electron chi connectivity index (χ2n) is 2.67. The zero-order valence-electron chi connectivity index (χ0n) is 8.06. The molecule has 1 N–H and O–H groups in total. The minimum Gasteiger partial charge on any atom is -0.347 e. The van der Waals surface area contributed by atoms with E-state index in [1.54, 1.807) is 0 Å². The van der Waals surface area contributed by atoms with Gasteiger partial charge in [0.25, 0.3) is 0 Å². The van der Waals surface area contributed by atoms with Gasteiger partial charge in [0.05, 0.1) is 6.54 Å². The van der Waals surface area contributed by atoms with Gasteiger partial charge in [-0.1, -0.05) is 0 Å². The number of carbonyl (C=O) groups excluding carboxylic acids is 2. The molecule has 0 aromatic rings. The van der Waals surface area contributed by atoms with Crippen LogP contribution in [-0.2, 0) is 9.59 Å². The van der Waals surface area contributed by atoms with E-state index in [4.69, 9.17) is 23.2 Å². The summed E-state index contributed by atoms with van der Waals surface area (Å²) in [7, 11) is 0. The van der Waals surface area contributed by atoms with Gasteiger partial charge in [0.1, 0.15) is 0 Å². The molecule has 0 aliphatic rings. The fraction of sp³-hybridized carbons (Fsp3) is 0.750. The molecule has 0 fully saturated rings. The Hall–Kier alpha value is -0.480. The van der Waals surface area contributed by atoms with Crippen molar-refractivity contribution in [1.29, 1.82) is 0 Å². The molecule has 0 radical (unpaired) electrons. The van der Waals surface area contributed by atoms with Gasteiger partial charge in [-0.25, -0.2) is 0 Å². The molecule has 0 unspecified atom stereocenters. The topological polar surface area (TPSA) is 49.4 Å². The second-order valence-corrected chi connectivity index (χ2v) is 3.42. The lowest BCUT2D eigenvalue weighted by Crippen LogP contribution is -2.41. The molecule has 0 bridgehead atoms. The molecular formula is C8H14Cl2N2O2. The molecule has 0 aromatic heterocycles. The van der Waals surface area contributed by atoms with Crippen LogP contribution in [0.5, 0.6) is 0 Å². The van der Waals surface area contributed by atoms with Gasteiger partial charge in [-0.3, -0.25) is 9.59 Å². The van der Waals surface area contributed by atoms with E-state index in [0.717, 1.165) is 0 Å². The third-order valence-corrected chi connectivity index (χ3v) is 1.89. The average molecular weight is 241 g/mol. The number of hydrogen-bond acceptors (Lipinski definition) is 2. The molecule has 2 amide bonds. The van der Waals surface area contributed by atoms with Crippen LogP contribution in [-0.4, -0.2) is 48.1 Å². The van der Waals surface area contributed by atoms with E-state index in [0.29, 0.717) is 24.8 Å². The van der Waals surface area contributed by atoms with Gasteiger partial charge < -0.3 is 10.2 Å². The zero-order chi connectivity index (χ0) is 11.0. The number of rotatable bonds is 6. The number of amides is 2. The van der Waals surface area contributed by atoms with E-state index in [9.17, 15) is 9.59 Å². The molecular weight excluding hydrogens is 227 g/mol. The summed E-state index contributed by atoms with van der Waals surface area (Å²) in [6, 6.07) is 0. The molecule has 0 rings (SSSR count). The highest BCUT2D eigenvalue weighted by molar-refractivity contribution is 6.18. The summed E-state index contributed by atoms with van der Waals surface area (Å²) < 4.78 is 0. The van der Waals surface area contributed by atoms with Gasteiger partial charge in [0.15, 0.2) is 0 Å². The van der Waals surface area contributed by atoms with Crippen molar-refractivity contribution in [2.24, 2.45) is 0 Å². The number of hydrogen-bond donors (Lipinski definition) is 1. The van der Waals surface area contributed by atoms with Gasteiger partial charge in [0, 0.05) is 31.8 Å². The summed E-state index contributed by atoms with van der Waals surface area (Å²) in [6.45, 7) is 2.27. The fourth-order valence-electron chi connectivity index (χ4n) is 0.877. The van der Waals surface area contributed by atoms with E-state index >= 15 is 0 Å². The molecule has 0 saturated heterocycles. The van der Waals surface area contributed by atoms with Crippen molar-refractivity contribution < 1.29 is 9.59 Å². The van der Waals surface area contributed by atoms with Gasteiger partial charge in [-0.05, 0) is 0 Å². The average Bonchev–Trinajstić information content (AvgIpc) is 2.14. The highest BCUT2D eigenvalue weighted by Crippen LogP contribution is 1.92. The second kappa shape index (κ2) is 7.88. The SMILES string of the molecule is CC(=O)NCC(=O)N(CCCl)CCCl. The maximum atomic E-state index is 11.4. The summed E-state index contributed by atoms with van der Waals surface area (Å²) >= 11 is 11.0. The third kappa shape index (κ3) is 6.05. The van der Waals surface area contributed by atoms with Crippen LogP contribution in [0.3, 0.4) is 0 Å². The van der Waals surface area contributed by atoms with Crippen molar-refractivity contribution in [1.82, 2.24) is 10.2 Å². The number of nitrogens with zero attached hydrogens (tertiary/aromatic N) is 1. The zero-order valence-corrected chi connectivity index (χ0v) is 9.57. The fourth-order valence-corrected chi connectivity index (χ4v) is 1.29. The normalized spacial score (nSPS) is 9.64. The Bertz CT molecular complexity index is 194. The van der Waals surface area contributed by atoms with Crippen LogP contribution in [0.4, 0.5) is 0 Å². The first-order valence-corrected chi connectivity index (χ1v) is 5.32. The molecule has 0 aliphatic carbocycles. The Morgan fingerprint density at radius 2 is 1.71 bits per heavy atom. The van der Waals surface area contributed by atoms with Gasteiger partial charge in [-0.2, -0.15) is 0 Å². The van der Waals surface area contributed by atoms with Crippen LogP contribution in [0, 0.1) is 0 Å². The summed E-state index contributed by atoms with van der Waals surface area (Å²) in [5.74, 6) is 0.335. The van der Waals surface area contributed by atoms with Gasteiger partial charge in [-0.15, -0.1) is 23.2 Å². The summed E-state index contributed by atoms with van der Waals surface area (Å²) in [4.78, 5) is 23.5. The number of alkyl halides is 2. The monoisotopic (exact) mass is 240 g/mol. The minimum atomic E-state index is -0.227. The highest BCUT2D eigenvalue weighted by Gasteiger charge is 2.11. The Labute approximate surface area is 93.5 Å². The Balaban J connectivity index is 3.94. The maximum absolute atomic E-state index is 11.4. The number of nitrogens with one attached hydrogen (secondary N) is 1. The largest absolute Gasteiger partial charge is 0.347 e. The molecule has 6 heteroatoms. The van der Waals surface area contributed by atoms with E-state index in [1.165, 1.54) is 11.8 Å². The molecule has 4 nitrogen and oxygen atoms in total. The van der Waals surface area contributed by atoms with Crippen molar-refractivity contribution in [2.45, 2.75) is 6.92 Å². The summed E-state index contributed by atoms with van der Waals surface area (Å²) in [5.41, 5.74) is 0. The molecule has 0 heterocycles. The van der Waals surface area contributed by atoms with Crippen molar-refractivity contribution >= 4 is 35.0 Å². The minimum absolute atomic E-state index is 0.00309. The van der Waals surface area contributed by atoms with Crippen LogP contribution in [0.15, 0.2) is 0 Å². The predicted octanol–water partition coefficient (Wildman–Crippen LogP) is 0.429. The van der Waals surface area contributed by atoms with Gasteiger partial charge >= 0.3 is 0 Å². The van der Waals surface area contributed by atoms with E-state index in [-0.39, 0.29) is 18.4 Å². The Kier molecular flexibility index (Phi) is 7.61. The van der Waals surface area contributed by atoms with Crippen LogP contribution in [0.25, 0.3) is 0 Å². The van der Waals surface area contributed by atoms with Crippen molar-refractivity contribution in [3.63, 3.8) is 0 Å². The lowest BCUT2D eigenvalue weighted by Gasteiger charge is -2.20. The smallest absolute Gasteiger partial charge is 0.242 e. The predicted molar refractivity (Wildman–Crippen MR) is 56.7 cm³/mol. The van der Waals surface area contributed by atoms with Crippen molar-refractivity contribution in [3.8, 4) is 0 Å². The van der Waals surface area contributed by atoms with Crippen LogP contribution < -0.4 is 5.32 Å². The summed E-state index contributed by atoms with van der Waals surface area (Å²) in [5, 5.41) is 2.43. The molecule has 14 heavy (non-hydrogen) atoms. The lowest BCUT2D eigenvalue weighted by atomic mass is 10.4. The standard InChI is InChI=1S/C8H14Cl2N2O2/c1-7(13)11-6-8(14)12(4-2-9)5-3-10/h2-6H2,1H3,(H,11,13). The van der Waals surface area contributed by atoms with Crippen LogP contribution >= 0.6 is 23.2 Å². The highest BCUT2D eigenvalue weighted by atomic mass is 35.5. The number of halogens is 2. The molecule has 0 spiro atoms. The molecule has 82 valence electrons. The summed E-state index contributed by atoms with van der Waals surface area (Å²) in [6.07, 6.45) is 0. The lowest BCUT2D eigenvalue weighted by molar-refractivity contribution is -0.132. The quantitative estimate of drug-likeness (QED) is 0.685. The maximum Gasteiger partial charge on any atom is 0.242 e. The molecule has 0 aromatic carbocycles. The first-order chi connectivity index (χ1) is 6.61. The van der Waals surface area contributed by atoms with E-state index in [2.05, 4.69) is 5.32 Å². The Morgan fingerprint density at radius 1 is 1.21 bits per heavy atom. The molecule has 0 aliphatic heterocycles. The van der Waals surface area contributed by atoms with Gasteiger partial charge in [0.2, 0.25) is 11.8 Å². The van der Waals surface area contributed by atoms with Crippen LogP contribution in [0.2, 0.25) is 0 Å². The first kappa shape index (κ1) is 13.5. The molecule has 0 atom stereocenters. The van der Waals surface area contributed by atoms with Crippen molar-refractivity contribution in [3.05, 3.63) is 0 Å².